The van der Waals surface area contributed by atoms with Crippen LogP contribution in [0.4, 0.5) is 0 Å². The van der Waals surface area contributed by atoms with Gasteiger partial charge in [-0.15, -0.1) is 0 Å². The summed E-state index contributed by atoms with van der Waals surface area (Å²) in [4.78, 5) is 17.4. The van der Waals surface area contributed by atoms with E-state index in [4.69, 9.17) is 4.74 Å². The quantitative estimate of drug-likeness (QED) is 0.548. The van der Waals surface area contributed by atoms with Crippen LogP contribution in [-0.4, -0.2) is 27.8 Å². The van der Waals surface area contributed by atoms with E-state index in [-0.39, 0.29) is 5.91 Å². The number of para-hydroxylation sites is 1. The maximum Gasteiger partial charge on any atom is 0.270 e. The van der Waals surface area contributed by atoms with E-state index in [2.05, 4.69) is 15.4 Å². The lowest BCUT2D eigenvalue weighted by molar-refractivity contribution is 0.0942. The smallest absolute Gasteiger partial charge is 0.270 e. The van der Waals surface area contributed by atoms with E-state index in [0.29, 0.717) is 23.8 Å². The number of ether oxygens (including phenoxy) is 1. The molecule has 1 N–H and O–H groups in total. The van der Waals surface area contributed by atoms with Crippen molar-refractivity contribution in [1.29, 1.82) is 0 Å². The van der Waals surface area contributed by atoms with Crippen LogP contribution in [0.2, 0.25) is 0 Å². The molecule has 2 heterocycles. The Morgan fingerprint density at radius 1 is 1.00 bits per heavy atom. The first-order chi connectivity index (χ1) is 14.3. The molecule has 0 fully saturated rings. The molecule has 0 spiro atoms. The molecule has 0 atom stereocenters. The Morgan fingerprint density at radius 3 is 2.52 bits per heavy atom. The standard InChI is InChI=1S/C23H20N4O2/c1-29-21-12-6-5-11-18(21)16-25-23(28)20-15-19(17-9-3-2-4-10-17)26-27(20)22-13-7-8-14-24-22/h2-15H,16H2,1H3,(H,25,28). The molecule has 144 valence electrons. The number of carbonyl (C=O) groups excluding carboxylic acids is 1. The van der Waals surface area contributed by atoms with Gasteiger partial charge in [0.05, 0.1) is 12.8 Å². The van der Waals surface area contributed by atoms with Gasteiger partial charge in [0.25, 0.3) is 5.91 Å². The summed E-state index contributed by atoms with van der Waals surface area (Å²) in [6, 6.07) is 24.6. The Morgan fingerprint density at radius 2 is 1.76 bits per heavy atom. The highest BCUT2D eigenvalue weighted by molar-refractivity contribution is 5.94. The van der Waals surface area contributed by atoms with E-state index < -0.39 is 0 Å². The van der Waals surface area contributed by atoms with Crippen molar-refractivity contribution in [1.82, 2.24) is 20.1 Å². The molecule has 6 nitrogen and oxygen atoms in total. The summed E-state index contributed by atoms with van der Waals surface area (Å²) < 4.78 is 6.93. The van der Waals surface area contributed by atoms with Crippen LogP contribution in [0.25, 0.3) is 17.1 Å². The van der Waals surface area contributed by atoms with E-state index >= 15 is 0 Å². The minimum absolute atomic E-state index is 0.240. The number of hydrogen-bond donors (Lipinski definition) is 1. The van der Waals surface area contributed by atoms with Gasteiger partial charge in [-0.2, -0.15) is 5.10 Å². The lowest BCUT2D eigenvalue weighted by Gasteiger charge is -2.10. The predicted octanol–water partition coefficient (Wildman–Crippen LogP) is 3.87. The summed E-state index contributed by atoms with van der Waals surface area (Å²) >= 11 is 0. The Hall–Kier alpha value is -3.93. The van der Waals surface area contributed by atoms with Gasteiger partial charge in [-0.25, -0.2) is 9.67 Å². The topological polar surface area (TPSA) is 69.0 Å². The van der Waals surface area contributed by atoms with E-state index in [1.165, 1.54) is 0 Å². The number of carbonyl (C=O) groups is 1. The van der Waals surface area contributed by atoms with Gasteiger partial charge in [0, 0.05) is 23.9 Å². The lowest BCUT2D eigenvalue weighted by atomic mass is 10.1. The molecule has 4 rings (SSSR count). The third kappa shape index (κ3) is 4.01. The first-order valence-corrected chi connectivity index (χ1v) is 9.23. The van der Waals surface area contributed by atoms with Crippen molar-refractivity contribution < 1.29 is 9.53 Å². The van der Waals surface area contributed by atoms with Gasteiger partial charge in [0.15, 0.2) is 5.82 Å². The van der Waals surface area contributed by atoms with Gasteiger partial charge in [-0.1, -0.05) is 54.6 Å². The molecule has 4 aromatic rings. The zero-order valence-electron chi connectivity index (χ0n) is 15.9. The third-order valence-electron chi connectivity index (χ3n) is 4.51. The van der Waals surface area contributed by atoms with E-state index in [0.717, 1.165) is 16.9 Å². The number of pyridine rings is 1. The van der Waals surface area contributed by atoms with Gasteiger partial charge >= 0.3 is 0 Å². The molecule has 0 aliphatic rings. The summed E-state index contributed by atoms with van der Waals surface area (Å²) in [6.07, 6.45) is 1.68. The SMILES string of the molecule is COc1ccccc1CNC(=O)c1cc(-c2ccccc2)nn1-c1ccccn1. The zero-order chi connectivity index (χ0) is 20.1. The van der Waals surface area contributed by atoms with Crippen LogP contribution in [0.5, 0.6) is 5.75 Å². The van der Waals surface area contributed by atoms with Crippen LogP contribution in [0.15, 0.2) is 85.1 Å². The normalized spacial score (nSPS) is 10.5. The molecule has 0 unspecified atom stereocenters. The molecule has 0 bridgehead atoms. The molecule has 0 aliphatic heterocycles. The van der Waals surface area contributed by atoms with Crippen LogP contribution in [-0.2, 0) is 6.54 Å². The molecule has 0 radical (unpaired) electrons. The van der Waals surface area contributed by atoms with Crippen LogP contribution in [0, 0.1) is 0 Å². The third-order valence-corrected chi connectivity index (χ3v) is 4.51. The zero-order valence-corrected chi connectivity index (χ0v) is 15.9. The number of methoxy groups -OCH3 is 1. The predicted molar refractivity (Wildman–Crippen MR) is 111 cm³/mol. The molecule has 0 aliphatic carbocycles. The van der Waals surface area contributed by atoms with Crippen LogP contribution < -0.4 is 10.1 Å². The van der Waals surface area contributed by atoms with Crippen molar-refractivity contribution in [3.8, 4) is 22.8 Å². The molecule has 29 heavy (non-hydrogen) atoms. The first-order valence-electron chi connectivity index (χ1n) is 9.23. The largest absolute Gasteiger partial charge is 0.496 e. The lowest BCUT2D eigenvalue weighted by Crippen LogP contribution is -2.25. The highest BCUT2D eigenvalue weighted by Crippen LogP contribution is 2.21. The Labute approximate surface area is 168 Å². The number of aromatic nitrogens is 3. The Kier molecular flexibility index (Phi) is 5.33. The molecular formula is C23H20N4O2. The fraction of sp³-hybridized carbons (Fsp3) is 0.0870. The number of nitrogens with zero attached hydrogens (tertiary/aromatic N) is 3. The average Bonchev–Trinajstić information content (AvgIpc) is 3.24. The molecule has 6 heteroatoms. The fourth-order valence-corrected chi connectivity index (χ4v) is 3.06. The van der Waals surface area contributed by atoms with Gasteiger partial charge < -0.3 is 10.1 Å². The summed E-state index contributed by atoms with van der Waals surface area (Å²) in [7, 11) is 1.61. The second kappa shape index (κ2) is 8.39. The van der Waals surface area contributed by atoms with Gasteiger partial charge in [0.1, 0.15) is 11.4 Å². The van der Waals surface area contributed by atoms with Crippen molar-refractivity contribution in [2.24, 2.45) is 0 Å². The molecule has 1 amide bonds. The highest BCUT2D eigenvalue weighted by Gasteiger charge is 2.18. The van der Waals surface area contributed by atoms with Crippen molar-refractivity contribution in [2.75, 3.05) is 7.11 Å². The number of amides is 1. The maximum absolute atomic E-state index is 13.0. The van der Waals surface area contributed by atoms with Gasteiger partial charge in [-0.05, 0) is 24.3 Å². The van der Waals surface area contributed by atoms with Crippen LogP contribution in [0.1, 0.15) is 16.1 Å². The number of nitrogens with one attached hydrogen (secondary N) is 1. The fourth-order valence-electron chi connectivity index (χ4n) is 3.06. The Balaban J connectivity index is 1.66. The van der Waals surface area contributed by atoms with Crippen molar-refractivity contribution in [2.45, 2.75) is 6.54 Å². The molecule has 0 saturated heterocycles. The first kappa shape index (κ1) is 18.4. The van der Waals surface area contributed by atoms with E-state index in [1.54, 1.807) is 24.1 Å². The van der Waals surface area contributed by atoms with Crippen molar-refractivity contribution >= 4 is 5.91 Å². The van der Waals surface area contributed by atoms with E-state index in [1.807, 2.05) is 72.8 Å². The molecule has 2 aromatic carbocycles. The summed E-state index contributed by atoms with van der Waals surface area (Å²) in [5.74, 6) is 1.07. The molecule has 2 aromatic heterocycles. The minimum atomic E-state index is -0.240. The van der Waals surface area contributed by atoms with Crippen molar-refractivity contribution in [3.05, 3.63) is 96.3 Å². The summed E-state index contributed by atoms with van der Waals surface area (Å²) in [5, 5.41) is 7.59. The molecular weight excluding hydrogens is 364 g/mol. The summed E-state index contributed by atoms with van der Waals surface area (Å²) in [6.45, 7) is 0.344. The number of benzene rings is 2. The monoisotopic (exact) mass is 384 g/mol. The second-order valence-electron chi connectivity index (χ2n) is 6.38. The van der Waals surface area contributed by atoms with Gasteiger partial charge in [0.2, 0.25) is 0 Å². The number of rotatable bonds is 6. The van der Waals surface area contributed by atoms with Crippen LogP contribution >= 0.6 is 0 Å². The maximum atomic E-state index is 13.0. The minimum Gasteiger partial charge on any atom is -0.496 e. The summed E-state index contributed by atoms with van der Waals surface area (Å²) in [5.41, 5.74) is 2.95. The molecule has 0 saturated carbocycles. The van der Waals surface area contributed by atoms with Crippen molar-refractivity contribution in [3.63, 3.8) is 0 Å². The Bertz CT molecular complexity index is 1110. The number of hydrogen-bond acceptors (Lipinski definition) is 4. The average molecular weight is 384 g/mol. The van der Waals surface area contributed by atoms with Gasteiger partial charge in [-0.3, -0.25) is 4.79 Å². The highest BCUT2D eigenvalue weighted by atomic mass is 16.5. The van der Waals surface area contributed by atoms with E-state index in [9.17, 15) is 4.79 Å². The second-order valence-corrected chi connectivity index (χ2v) is 6.38. The van der Waals surface area contributed by atoms with Crippen LogP contribution in [0.3, 0.4) is 0 Å².